The first-order valence-corrected chi connectivity index (χ1v) is 13.3. The number of hydrogen-bond donors (Lipinski definition) is 3. The number of nitrogens with one attached hydrogen (secondary N) is 3. The Kier molecular flexibility index (Phi) is 8.47. The fourth-order valence-electron chi connectivity index (χ4n) is 4.33. The quantitative estimate of drug-likeness (QED) is 0.213. The van der Waals surface area contributed by atoms with Crippen LogP contribution in [0.2, 0.25) is 0 Å². The first-order chi connectivity index (χ1) is 20.3. The number of hydrogen-bond acceptors (Lipinski definition) is 7. The molecule has 2 heterocycles. The van der Waals surface area contributed by atoms with Crippen LogP contribution in [0.15, 0.2) is 85.1 Å². The Labute approximate surface area is 240 Å². The Balaban J connectivity index is 1.17. The first-order valence-electron chi connectivity index (χ1n) is 13.3. The van der Waals surface area contributed by atoms with Gasteiger partial charge < -0.3 is 30.2 Å². The zero-order chi connectivity index (χ0) is 29.5. The Hall–Kier alpha value is -5.19. The number of pyridine rings is 1. The summed E-state index contributed by atoms with van der Waals surface area (Å²) in [5.41, 5.74) is 3.25. The van der Waals surface area contributed by atoms with Crippen LogP contribution in [0, 0.1) is 0 Å². The van der Waals surface area contributed by atoms with Crippen LogP contribution in [0.1, 0.15) is 38.9 Å². The molecule has 0 saturated heterocycles. The molecule has 1 aliphatic heterocycles. The van der Waals surface area contributed by atoms with Gasteiger partial charge >= 0.3 is 6.29 Å². The average Bonchev–Trinajstić information content (AvgIpc) is 3.29. The molecule has 0 bridgehead atoms. The number of aromatic nitrogens is 1. The number of ether oxygens (including phenoxy) is 3. The number of anilines is 2. The summed E-state index contributed by atoms with van der Waals surface area (Å²) in [5, 5.41) is 8.80. The van der Waals surface area contributed by atoms with Crippen molar-refractivity contribution in [1.29, 1.82) is 0 Å². The van der Waals surface area contributed by atoms with Crippen LogP contribution in [0.5, 0.6) is 17.2 Å². The lowest BCUT2D eigenvalue weighted by Gasteiger charge is -2.13. The molecule has 4 aromatic rings. The molecule has 9 nitrogen and oxygen atoms in total. The summed E-state index contributed by atoms with van der Waals surface area (Å²) in [4.78, 5) is 29.9. The predicted octanol–water partition coefficient (Wildman–Crippen LogP) is 5.64. The summed E-state index contributed by atoms with van der Waals surface area (Å²) in [6.45, 7) is 3.27. The average molecular weight is 575 g/mol. The fraction of sp³-hybridized carbons (Fsp3) is 0.194. The molecule has 0 atom stereocenters. The van der Waals surface area contributed by atoms with Gasteiger partial charge in [0.05, 0.1) is 12.2 Å². The van der Waals surface area contributed by atoms with Crippen LogP contribution < -0.4 is 30.2 Å². The van der Waals surface area contributed by atoms with Crippen LogP contribution in [0.4, 0.5) is 20.2 Å². The summed E-state index contributed by atoms with van der Waals surface area (Å²) in [5.74, 6) is -0.234. The second-order valence-electron chi connectivity index (χ2n) is 9.32. The van der Waals surface area contributed by atoms with Gasteiger partial charge in [0.1, 0.15) is 11.4 Å². The van der Waals surface area contributed by atoms with Crippen molar-refractivity contribution < 1.29 is 32.6 Å². The molecule has 0 radical (unpaired) electrons. The largest absolute Gasteiger partial charge is 0.586 e. The number of alkyl halides is 2. The number of halogens is 2. The molecule has 2 amide bonds. The maximum atomic E-state index is 13.3. The summed E-state index contributed by atoms with van der Waals surface area (Å²) in [7, 11) is 0. The molecule has 0 spiro atoms. The summed E-state index contributed by atoms with van der Waals surface area (Å²) >= 11 is 0. The van der Waals surface area contributed by atoms with E-state index in [1.54, 1.807) is 42.6 Å². The molecule has 1 aromatic heterocycles. The van der Waals surface area contributed by atoms with E-state index in [4.69, 9.17) is 4.74 Å². The molecule has 0 unspecified atom stereocenters. The Morgan fingerprint density at radius 1 is 0.905 bits per heavy atom. The lowest BCUT2D eigenvalue weighted by atomic mass is 10.1. The summed E-state index contributed by atoms with van der Waals surface area (Å²) in [6.07, 6.45) is -1.55. The van der Waals surface area contributed by atoms with Crippen LogP contribution in [0.25, 0.3) is 0 Å². The van der Waals surface area contributed by atoms with Gasteiger partial charge in [-0.05, 0) is 73.0 Å². The molecule has 1 aliphatic rings. The predicted molar refractivity (Wildman–Crippen MR) is 152 cm³/mol. The highest BCUT2D eigenvalue weighted by atomic mass is 19.3. The maximum Gasteiger partial charge on any atom is 0.586 e. The minimum atomic E-state index is -3.74. The monoisotopic (exact) mass is 574 g/mol. The third-order valence-corrected chi connectivity index (χ3v) is 6.28. The standard InChI is InChI=1S/C31H28F2N4O5/c1-2-40-23-7-5-6-20(16-23)12-15-35-30(39)26-17-21(13-14-34-26)19-36-25-9-4-3-8-24(25)29(38)37-22-10-11-27-28(18-22)42-31(32,33)41-27/h3-11,13-14,16-18,36H,2,12,15,19H2,1H3,(H,35,39)(H,37,38). The normalized spacial score (nSPS) is 12.8. The van der Waals surface area contributed by atoms with E-state index in [2.05, 4.69) is 30.4 Å². The highest BCUT2D eigenvalue weighted by molar-refractivity contribution is 6.08. The Morgan fingerprint density at radius 3 is 2.60 bits per heavy atom. The fourth-order valence-corrected chi connectivity index (χ4v) is 4.33. The number of benzene rings is 3. The summed E-state index contributed by atoms with van der Waals surface area (Å²) in [6, 6.07) is 22.1. The lowest BCUT2D eigenvalue weighted by molar-refractivity contribution is -0.286. The third kappa shape index (κ3) is 7.11. The highest BCUT2D eigenvalue weighted by Gasteiger charge is 2.43. The van der Waals surface area contributed by atoms with E-state index in [-0.39, 0.29) is 28.8 Å². The highest BCUT2D eigenvalue weighted by Crippen LogP contribution is 2.42. The van der Waals surface area contributed by atoms with Crippen LogP contribution in [-0.4, -0.2) is 36.2 Å². The molecular formula is C31H28F2N4O5. The van der Waals surface area contributed by atoms with Crippen molar-refractivity contribution >= 4 is 23.2 Å². The van der Waals surface area contributed by atoms with Crippen molar-refractivity contribution in [2.24, 2.45) is 0 Å². The van der Waals surface area contributed by atoms with Gasteiger partial charge in [0.2, 0.25) is 0 Å². The first kappa shape index (κ1) is 28.3. The van der Waals surface area contributed by atoms with E-state index in [0.717, 1.165) is 16.9 Å². The molecule has 5 rings (SSSR count). The van der Waals surface area contributed by atoms with E-state index in [0.29, 0.717) is 37.4 Å². The van der Waals surface area contributed by atoms with E-state index in [1.165, 1.54) is 18.2 Å². The number of carbonyl (C=O) groups is 2. The van der Waals surface area contributed by atoms with Crippen molar-refractivity contribution in [3.63, 3.8) is 0 Å². The second kappa shape index (κ2) is 12.5. The van der Waals surface area contributed by atoms with Gasteiger partial charge in [-0.1, -0.05) is 24.3 Å². The number of para-hydroxylation sites is 1. The SMILES string of the molecule is CCOc1cccc(CCNC(=O)c2cc(CNc3ccccc3C(=O)Nc3ccc4c(c3)OC(F)(F)O4)ccn2)c1. The zero-order valence-corrected chi connectivity index (χ0v) is 22.7. The van der Waals surface area contributed by atoms with Crippen molar-refractivity contribution in [3.8, 4) is 17.2 Å². The molecule has 3 aromatic carbocycles. The Morgan fingerprint density at radius 2 is 1.74 bits per heavy atom. The van der Waals surface area contributed by atoms with Crippen molar-refractivity contribution in [2.45, 2.75) is 26.2 Å². The number of carbonyl (C=O) groups excluding carboxylic acids is 2. The van der Waals surface area contributed by atoms with Crippen LogP contribution in [0.3, 0.4) is 0 Å². The molecule has 42 heavy (non-hydrogen) atoms. The van der Waals surface area contributed by atoms with E-state index in [1.807, 2.05) is 31.2 Å². The van der Waals surface area contributed by atoms with E-state index >= 15 is 0 Å². The smallest absolute Gasteiger partial charge is 0.494 e. The van der Waals surface area contributed by atoms with Gasteiger partial charge in [-0.15, -0.1) is 8.78 Å². The van der Waals surface area contributed by atoms with E-state index in [9.17, 15) is 18.4 Å². The van der Waals surface area contributed by atoms with Gasteiger partial charge in [-0.3, -0.25) is 14.6 Å². The molecule has 216 valence electrons. The molecule has 3 N–H and O–H groups in total. The van der Waals surface area contributed by atoms with E-state index < -0.39 is 12.2 Å². The maximum absolute atomic E-state index is 13.3. The van der Waals surface area contributed by atoms with Gasteiger partial charge in [-0.2, -0.15) is 0 Å². The van der Waals surface area contributed by atoms with Crippen molar-refractivity contribution in [1.82, 2.24) is 10.3 Å². The molecule has 0 aliphatic carbocycles. The van der Waals surface area contributed by atoms with Gasteiger partial charge in [0.15, 0.2) is 11.5 Å². The van der Waals surface area contributed by atoms with Gasteiger partial charge in [0, 0.05) is 36.7 Å². The Bertz CT molecular complexity index is 1600. The number of fused-ring (bicyclic) bond motifs is 1. The number of rotatable bonds is 11. The van der Waals surface area contributed by atoms with Crippen molar-refractivity contribution in [2.75, 3.05) is 23.8 Å². The molecule has 0 fully saturated rings. The minimum Gasteiger partial charge on any atom is -0.494 e. The summed E-state index contributed by atoms with van der Waals surface area (Å²) < 4.78 is 41.0. The number of amides is 2. The number of nitrogens with zero attached hydrogens (tertiary/aromatic N) is 1. The van der Waals surface area contributed by atoms with Gasteiger partial charge in [-0.25, -0.2) is 0 Å². The van der Waals surface area contributed by atoms with Gasteiger partial charge in [0.25, 0.3) is 11.8 Å². The topological polar surface area (TPSA) is 111 Å². The lowest BCUT2D eigenvalue weighted by Crippen LogP contribution is -2.26. The molecule has 0 saturated carbocycles. The second-order valence-corrected chi connectivity index (χ2v) is 9.32. The molecular weight excluding hydrogens is 546 g/mol. The zero-order valence-electron chi connectivity index (χ0n) is 22.7. The van der Waals surface area contributed by atoms with Crippen LogP contribution in [-0.2, 0) is 13.0 Å². The molecule has 11 heteroatoms. The van der Waals surface area contributed by atoms with Crippen molar-refractivity contribution in [3.05, 3.63) is 107 Å². The van der Waals surface area contributed by atoms with Crippen LogP contribution >= 0.6 is 0 Å². The third-order valence-electron chi connectivity index (χ3n) is 6.28. The minimum absolute atomic E-state index is 0.113.